The molecule has 1 aromatic heterocycles. The van der Waals surface area contributed by atoms with Crippen LogP contribution in [0.1, 0.15) is 33.8 Å². The van der Waals surface area contributed by atoms with Crippen LogP contribution in [0.5, 0.6) is 5.75 Å². The van der Waals surface area contributed by atoms with E-state index in [1.54, 1.807) is 12.1 Å². The maximum Gasteiger partial charge on any atom is 0.255 e. The number of para-hydroxylation sites is 1. The number of benzene rings is 1. The molecule has 0 saturated carbocycles. The third kappa shape index (κ3) is 3.53. The molecule has 2 N–H and O–H groups in total. The van der Waals surface area contributed by atoms with Crippen molar-refractivity contribution in [1.29, 1.82) is 0 Å². The summed E-state index contributed by atoms with van der Waals surface area (Å²) in [6.45, 7) is 5.81. The zero-order chi connectivity index (χ0) is 16.2. The first-order valence-corrected chi connectivity index (χ1v) is 7.80. The molecule has 1 unspecified atom stereocenters. The predicted molar refractivity (Wildman–Crippen MR) is 85.5 cm³/mol. The van der Waals surface area contributed by atoms with Crippen LogP contribution in [0.15, 0.2) is 28.8 Å². The molecular formula is C17H21N3O3. The second-order valence-electron chi connectivity index (χ2n) is 5.75. The second kappa shape index (κ2) is 6.83. The Hall–Kier alpha value is -2.34. The maximum absolute atomic E-state index is 12.5. The van der Waals surface area contributed by atoms with Gasteiger partial charge in [-0.25, -0.2) is 0 Å². The van der Waals surface area contributed by atoms with Crippen molar-refractivity contribution in [2.24, 2.45) is 0 Å². The number of carbonyl (C=O) groups is 1. The van der Waals surface area contributed by atoms with Crippen molar-refractivity contribution in [1.82, 2.24) is 15.8 Å². The first-order valence-electron chi connectivity index (χ1n) is 7.80. The van der Waals surface area contributed by atoms with Gasteiger partial charge in [0.1, 0.15) is 18.1 Å². The summed E-state index contributed by atoms with van der Waals surface area (Å²) in [5.41, 5.74) is 2.27. The number of aryl methyl sites for hydroxylation is 2. The predicted octanol–water partition coefficient (Wildman–Crippen LogP) is 1.96. The Labute approximate surface area is 135 Å². The van der Waals surface area contributed by atoms with Gasteiger partial charge in [-0.2, -0.15) is 0 Å². The van der Waals surface area contributed by atoms with Gasteiger partial charge in [0.25, 0.3) is 5.91 Å². The fraction of sp³-hybridized carbons (Fsp3) is 0.412. The number of rotatable bonds is 5. The van der Waals surface area contributed by atoms with Crippen molar-refractivity contribution < 1.29 is 14.1 Å². The fourth-order valence-corrected chi connectivity index (χ4v) is 2.68. The number of nitrogens with one attached hydrogen (secondary N) is 2. The van der Waals surface area contributed by atoms with E-state index in [1.807, 2.05) is 26.0 Å². The lowest BCUT2D eigenvalue weighted by molar-refractivity contribution is 0.0935. The molecular weight excluding hydrogens is 294 g/mol. The minimum atomic E-state index is -0.104. The lowest BCUT2D eigenvalue weighted by atomic mass is 10.1. The molecule has 6 heteroatoms. The van der Waals surface area contributed by atoms with Crippen molar-refractivity contribution >= 4 is 5.91 Å². The summed E-state index contributed by atoms with van der Waals surface area (Å²) < 4.78 is 11.0. The zero-order valence-electron chi connectivity index (χ0n) is 13.4. The molecule has 23 heavy (non-hydrogen) atoms. The molecule has 1 aliphatic heterocycles. The molecule has 1 aliphatic rings. The van der Waals surface area contributed by atoms with Crippen molar-refractivity contribution in [3.8, 4) is 5.75 Å². The summed E-state index contributed by atoms with van der Waals surface area (Å²) in [5, 5.41) is 10.2. The Bertz CT molecular complexity index is 671. The Morgan fingerprint density at radius 1 is 1.43 bits per heavy atom. The van der Waals surface area contributed by atoms with Gasteiger partial charge in [0, 0.05) is 12.6 Å². The zero-order valence-corrected chi connectivity index (χ0v) is 13.4. The van der Waals surface area contributed by atoms with Crippen LogP contribution in [0.25, 0.3) is 0 Å². The van der Waals surface area contributed by atoms with E-state index in [2.05, 4.69) is 15.8 Å². The molecule has 1 aromatic carbocycles. The van der Waals surface area contributed by atoms with Crippen LogP contribution in [-0.2, 0) is 6.61 Å². The number of nitrogens with zero attached hydrogens (tertiary/aromatic N) is 1. The van der Waals surface area contributed by atoms with Gasteiger partial charge in [-0.1, -0.05) is 17.3 Å². The molecule has 0 radical (unpaired) electrons. The van der Waals surface area contributed by atoms with Gasteiger partial charge in [-0.3, -0.25) is 4.79 Å². The van der Waals surface area contributed by atoms with E-state index in [0.717, 1.165) is 36.5 Å². The standard InChI is InChI=1S/C17H21N3O3/c1-11-15(12(2)23-20-11)10-22-16-6-4-3-5-14(16)17(21)19-13-7-8-18-9-13/h3-6,13,18H,7-10H2,1-2H3,(H,19,21). The summed E-state index contributed by atoms with van der Waals surface area (Å²) in [4.78, 5) is 12.5. The average Bonchev–Trinajstić information content (AvgIpc) is 3.16. The van der Waals surface area contributed by atoms with Gasteiger partial charge in [0.2, 0.25) is 0 Å². The van der Waals surface area contributed by atoms with Gasteiger partial charge < -0.3 is 19.9 Å². The summed E-state index contributed by atoms with van der Waals surface area (Å²) in [7, 11) is 0. The smallest absolute Gasteiger partial charge is 0.255 e. The molecule has 0 bridgehead atoms. The molecule has 1 amide bonds. The van der Waals surface area contributed by atoms with Crippen LogP contribution in [0.4, 0.5) is 0 Å². The Morgan fingerprint density at radius 3 is 2.96 bits per heavy atom. The third-order valence-corrected chi connectivity index (χ3v) is 4.08. The van der Waals surface area contributed by atoms with Crippen LogP contribution < -0.4 is 15.4 Å². The first-order chi connectivity index (χ1) is 11.1. The van der Waals surface area contributed by atoms with Crippen molar-refractivity contribution in [3.05, 3.63) is 46.8 Å². The Balaban J connectivity index is 1.71. The molecule has 122 valence electrons. The number of aromatic nitrogens is 1. The number of hydrogen-bond acceptors (Lipinski definition) is 5. The number of carbonyl (C=O) groups excluding carboxylic acids is 1. The van der Waals surface area contributed by atoms with Crippen LogP contribution in [0.2, 0.25) is 0 Å². The third-order valence-electron chi connectivity index (χ3n) is 4.08. The van der Waals surface area contributed by atoms with E-state index < -0.39 is 0 Å². The molecule has 1 atom stereocenters. The Kier molecular flexibility index (Phi) is 4.62. The van der Waals surface area contributed by atoms with E-state index in [0.29, 0.717) is 17.9 Å². The van der Waals surface area contributed by atoms with Crippen molar-refractivity contribution in [2.75, 3.05) is 13.1 Å². The molecule has 6 nitrogen and oxygen atoms in total. The molecule has 3 rings (SSSR count). The molecule has 2 heterocycles. The molecule has 2 aromatic rings. The van der Waals surface area contributed by atoms with E-state index >= 15 is 0 Å². The summed E-state index contributed by atoms with van der Waals surface area (Å²) in [5.74, 6) is 1.20. The quantitative estimate of drug-likeness (QED) is 0.882. The summed E-state index contributed by atoms with van der Waals surface area (Å²) in [6.07, 6.45) is 0.952. The first kappa shape index (κ1) is 15.6. The topological polar surface area (TPSA) is 76.4 Å². The highest BCUT2D eigenvalue weighted by Crippen LogP contribution is 2.21. The van der Waals surface area contributed by atoms with Gasteiger partial charge in [-0.05, 0) is 38.9 Å². The lowest BCUT2D eigenvalue weighted by Gasteiger charge is -2.14. The van der Waals surface area contributed by atoms with Crippen LogP contribution in [-0.4, -0.2) is 30.2 Å². The SMILES string of the molecule is Cc1noc(C)c1COc1ccccc1C(=O)NC1CCNC1. The molecule has 1 saturated heterocycles. The van der Waals surface area contributed by atoms with E-state index in [1.165, 1.54) is 0 Å². The highest BCUT2D eigenvalue weighted by molar-refractivity contribution is 5.97. The lowest BCUT2D eigenvalue weighted by Crippen LogP contribution is -2.36. The van der Waals surface area contributed by atoms with Crippen molar-refractivity contribution in [2.45, 2.75) is 32.9 Å². The van der Waals surface area contributed by atoms with Gasteiger partial charge >= 0.3 is 0 Å². The van der Waals surface area contributed by atoms with Crippen molar-refractivity contribution in [3.63, 3.8) is 0 Å². The maximum atomic E-state index is 12.5. The van der Waals surface area contributed by atoms with Crippen LogP contribution in [0, 0.1) is 13.8 Å². The highest BCUT2D eigenvalue weighted by Gasteiger charge is 2.20. The normalized spacial score (nSPS) is 17.2. The minimum Gasteiger partial charge on any atom is -0.488 e. The van der Waals surface area contributed by atoms with Gasteiger partial charge in [0.05, 0.1) is 16.8 Å². The van der Waals surface area contributed by atoms with Crippen LogP contribution >= 0.6 is 0 Å². The van der Waals surface area contributed by atoms with E-state index in [4.69, 9.17) is 9.26 Å². The molecule has 0 spiro atoms. The van der Waals surface area contributed by atoms with Gasteiger partial charge in [-0.15, -0.1) is 0 Å². The minimum absolute atomic E-state index is 0.104. The Morgan fingerprint density at radius 2 is 2.26 bits per heavy atom. The second-order valence-corrected chi connectivity index (χ2v) is 5.75. The number of amides is 1. The molecule has 1 fully saturated rings. The van der Waals surface area contributed by atoms with E-state index in [9.17, 15) is 4.79 Å². The van der Waals surface area contributed by atoms with Crippen LogP contribution in [0.3, 0.4) is 0 Å². The highest BCUT2D eigenvalue weighted by atomic mass is 16.5. The number of ether oxygens (including phenoxy) is 1. The number of hydrogen-bond donors (Lipinski definition) is 2. The average molecular weight is 315 g/mol. The van der Waals surface area contributed by atoms with Gasteiger partial charge in [0.15, 0.2) is 0 Å². The van der Waals surface area contributed by atoms with E-state index in [-0.39, 0.29) is 11.9 Å². The monoisotopic (exact) mass is 315 g/mol. The molecule has 0 aliphatic carbocycles. The summed E-state index contributed by atoms with van der Waals surface area (Å²) in [6, 6.07) is 7.46. The fourth-order valence-electron chi connectivity index (χ4n) is 2.68. The largest absolute Gasteiger partial charge is 0.488 e. The summed E-state index contributed by atoms with van der Waals surface area (Å²) >= 11 is 0.